The summed E-state index contributed by atoms with van der Waals surface area (Å²) in [7, 11) is 1.66. The van der Waals surface area contributed by atoms with E-state index >= 15 is 0 Å². The third-order valence-electron chi connectivity index (χ3n) is 4.44. The summed E-state index contributed by atoms with van der Waals surface area (Å²) in [6.07, 6.45) is 1.80. The van der Waals surface area contributed by atoms with E-state index in [1.165, 1.54) is 0 Å². The zero-order valence-electron chi connectivity index (χ0n) is 16.9. The number of benzene rings is 2. The van der Waals surface area contributed by atoms with Gasteiger partial charge in [0.25, 0.3) is 0 Å². The Kier molecular flexibility index (Phi) is 6.29. The Morgan fingerprint density at radius 2 is 1.80 bits per heavy atom. The largest absolute Gasteiger partial charge is 0.497 e. The van der Waals surface area contributed by atoms with Crippen LogP contribution in [0.4, 0.5) is 0 Å². The van der Waals surface area contributed by atoms with Gasteiger partial charge in [-0.05, 0) is 55.5 Å². The van der Waals surface area contributed by atoms with Gasteiger partial charge < -0.3 is 9.47 Å². The summed E-state index contributed by atoms with van der Waals surface area (Å²) in [6.45, 7) is 2.60. The van der Waals surface area contributed by atoms with Crippen LogP contribution in [-0.2, 0) is 5.75 Å². The summed E-state index contributed by atoms with van der Waals surface area (Å²) in [6, 6.07) is 21.7. The number of nitrogens with zero attached hydrogens (tertiary/aromatic N) is 4. The van der Waals surface area contributed by atoms with Crippen molar-refractivity contribution < 1.29 is 9.47 Å². The van der Waals surface area contributed by atoms with Crippen LogP contribution >= 0.6 is 11.8 Å². The van der Waals surface area contributed by atoms with E-state index in [1.807, 2.05) is 73.7 Å². The van der Waals surface area contributed by atoms with Crippen LogP contribution < -0.4 is 9.47 Å². The van der Waals surface area contributed by atoms with E-state index in [-0.39, 0.29) is 0 Å². The van der Waals surface area contributed by atoms with Crippen molar-refractivity contribution in [1.29, 1.82) is 0 Å². The first-order valence-electron chi connectivity index (χ1n) is 9.64. The highest BCUT2D eigenvalue weighted by Crippen LogP contribution is 2.31. The fraction of sp³-hybridized carbons (Fsp3) is 0.174. The lowest BCUT2D eigenvalue weighted by molar-refractivity contribution is 0.340. The van der Waals surface area contributed by atoms with Gasteiger partial charge in [0, 0.05) is 23.2 Å². The first-order valence-corrected chi connectivity index (χ1v) is 10.6. The summed E-state index contributed by atoms with van der Waals surface area (Å²) < 4.78 is 13.0. The second-order valence-electron chi connectivity index (χ2n) is 6.41. The smallest absolute Gasteiger partial charge is 0.196 e. The van der Waals surface area contributed by atoms with E-state index in [0.29, 0.717) is 12.4 Å². The van der Waals surface area contributed by atoms with Crippen molar-refractivity contribution in [3.8, 4) is 28.6 Å². The number of methoxy groups -OCH3 is 1. The average Bonchev–Trinajstić information content (AvgIpc) is 3.23. The first kappa shape index (κ1) is 20.0. The number of ether oxygens (including phenoxy) is 2. The molecular weight excluding hydrogens is 396 g/mol. The van der Waals surface area contributed by atoms with Crippen LogP contribution in [0.1, 0.15) is 12.6 Å². The number of rotatable bonds is 8. The molecule has 0 aliphatic heterocycles. The Morgan fingerprint density at radius 3 is 2.53 bits per heavy atom. The van der Waals surface area contributed by atoms with Crippen molar-refractivity contribution in [3.63, 3.8) is 0 Å². The monoisotopic (exact) mass is 418 g/mol. The van der Waals surface area contributed by atoms with Gasteiger partial charge in [-0.15, -0.1) is 10.2 Å². The Balaban J connectivity index is 1.73. The van der Waals surface area contributed by atoms with Gasteiger partial charge in [0.2, 0.25) is 0 Å². The minimum absolute atomic E-state index is 0.631. The molecule has 0 amide bonds. The normalized spacial score (nSPS) is 10.7. The van der Waals surface area contributed by atoms with Crippen LogP contribution in [0, 0.1) is 0 Å². The van der Waals surface area contributed by atoms with E-state index in [4.69, 9.17) is 9.47 Å². The topological polar surface area (TPSA) is 62.1 Å². The molecule has 0 aliphatic rings. The van der Waals surface area contributed by atoms with Gasteiger partial charge in [0.05, 0.1) is 19.4 Å². The Bertz CT molecular complexity index is 1100. The van der Waals surface area contributed by atoms with Gasteiger partial charge in [-0.25, -0.2) is 0 Å². The minimum Gasteiger partial charge on any atom is -0.497 e. The predicted molar refractivity (Wildman–Crippen MR) is 118 cm³/mol. The fourth-order valence-corrected chi connectivity index (χ4v) is 3.89. The molecule has 0 spiro atoms. The molecule has 2 aromatic carbocycles. The van der Waals surface area contributed by atoms with Gasteiger partial charge >= 0.3 is 0 Å². The van der Waals surface area contributed by atoms with E-state index in [1.54, 1.807) is 25.1 Å². The van der Waals surface area contributed by atoms with Crippen molar-refractivity contribution in [2.24, 2.45) is 0 Å². The van der Waals surface area contributed by atoms with E-state index in [9.17, 15) is 0 Å². The van der Waals surface area contributed by atoms with Crippen LogP contribution in [0.15, 0.2) is 78.1 Å². The molecule has 0 radical (unpaired) electrons. The van der Waals surface area contributed by atoms with E-state index in [0.717, 1.165) is 39.4 Å². The molecule has 4 rings (SSSR count). The zero-order chi connectivity index (χ0) is 20.8. The number of hydrogen-bond acceptors (Lipinski definition) is 6. The summed E-state index contributed by atoms with van der Waals surface area (Å²) in [5.74, 6) is 3.06. The summed E-state index contributed by atoms with van der Waals surface area (Å²) in [4.78, 5) is 4.40. The fourth-order valence-electron chi connectivity index (χ4n) is 3.03. The molecule has 7 heteroatoms. The van der Waals surface area contributed by atoms with Crippen molar-refractivity contribution in [3.05, 3.63) is 78.6 Å². The highest BCUT2D eigenvalue weighted by atomic mass is 32.2. The van der Waals surface area contributed by atoms with Crippen molar-refractivity contribution in [1.82, 2.24) is 19.7 Å². The summed E-state index contributed by atoms with van der Waals surface area (Å²) >= 11 is 1.60. The molecule has 6 nitrogen and oxygen atoms in total. The van der Waals surface area contributed by atoms with Gasteiger partial charge in [-0.3, -0.25) is 9.55 Å². The zero-order valence-corrected chi connectivity index (χ0v) is 17.7. The average molecular weight is 419 g/mol. The first-order chi connectivity index (χ1) is 14.8. The Hall–Kier alpha value is -3.32. The van der Waals surface area contributed by atoms with E-state index in [2.05, 4.69) is 19.7 Å². The number of pyridine rings is 1. The molecule has 0 atom stereocenters. The number of aromatic nitrogens is 4. The standard InChI is InChI=1S/C23H22N4O2S/c1-3-29-20-12-10-19(11-13-20)27-22(17-7-6-9-21(15-17)28-2)25-26-23(27)30-16-18-8-4-5-14-24-18/h4-15H,3,16H2,1-2H3. The van der Waals surface area contributed by atoms with Gasteiger partial charge in [-0.1, -0.05) is 30.0 Å². The lowest BCUT2D eigenvalue weighted by Gasteiger charge is -2.12. The van der Waals surface area contributed by atoms with Crippen molar-refractivity contribution in [2.75, 3.05) is 13.7 Å². The molecule has 0 saturated heterocycles. The van der Waals surface area contributed by atoms with Crippen LogP contribution in [0.2, 0.25) is 0 Å². The Morgan fingerprint density at radius 1 is 0.933 bits per heavy atom. The predicted octanol–water partition coefficient (Wildman–Crippen LogP) is 5.03. The molecule has 0 N–H and O–H groups in total. The molecule has 0 unspecified atom stereocenters. The quantitative estimate of drug-likeness (QED) is 0.374. The lowest BCUT2D eigenvalue weighted by atomic mass is 10.2. The summed E-state index contributed by atoms with van der Waals surface area (Å²) in [5, 5.41) is 9.76. The van der Waals surface area contributed by atoms with Crippen LogP contribution in [0.25, 0.3) is 17.1 Å². The third-order valence-corrected chi connectivity index (χ3v) is 5.41. The van der Waals surface area contributed by atoms with E-state index < -0.39 is 0 Å². The Labute approximate surface area is 179 Å². The second-order valence-corrected chi connectivity index (χ2v) is 7.35. The third kappa shape index (κ3) is 4.46. The molecular formula is C23H22N4O2S. The molecule has 0 fully saturated rings. The minimum atomic E-state index is 0.631. The van der Waals surface area contributed by atoms with Crippen molar-refractivity contribution in [2.45, 2.75) is 17.8 Å². The molecule has 0 bridgehead atoms. The van der Waals surface area contributed by atoms with Crippen LogP contribution in [0.3, 0.4) is 0 Å². The number of thioether (sulfide) groups is 1. The maximum atomic E-state index is 5.59. The molecule has 30 heavy (non-hydrogen) atoms. The van der Waals surface area contributed by atoms with Gasteiger partial charge in [0.15, 0.2) is 11.0 Å². The maximum absolute atomic E-state index is 5.59. The second kappa shape index (κ2) is 9.45. The molecule has 152 valence electrons. The van der Waals surface area contributed by atoms with Crippen molar-refractivity contribution >= 4 is 11.8 Å². The number of hydrogen-bond donors (Lipinski definition) is 0. The van der Waals surface area contributed by atoms with Gasteiger partial charge in [-0.2, -0.15) is 0 Å². The molecule has 0 aliphatic carbocycles. The highest BCUT2D eigenvalue weighted by Gasteiger charge is 2.17. The molecule has 0 saturated carbocycles. The molecule has 2 heterocycles. The SMILES string of the molecule is CCOc1ccc(-n2c(SCc3ccccn3)nnc2-c2cccc(OC)c2)cc1. The molecule has 2 aromatic heterocycles. The van der Waals surface area contributed by atoms with Crippen LogP contribution in [0.5, 0.6) is 11.5 Å². The molecule has 4 aromatic rings. The maximum Gasteiger partial charge on any atom is 0.196 e. The lowest BCUT2D eigenvalue weighted by Crippen LogP contribution is -2.01. The van der Waals surface area contributed by atoms with Gasteiger partial charge in [0.1, 0.15) is 11.5 Å². The highest BCUT2D eigenvalue weighted by molar-refractivity contribution is 7.98. The summed E-state index contributed by atoms with van der Waals surface area (Å²) in [5.41, 5.74) is 2.89. The van der Waals surface area contributed by atoms with Crippen LogP contribution in [-0.4, -0.2) is 33.5 Å².